The van der Waals surface area contributed by atoms with Crippen LogP contribution < -0.4 is 4.74 Å². The SMILES string of the molecule is COc1ccc(Cl)cc1CC1(O)CC1. The van der Waals surface area contributed by atoms with Crippen molar-refractivity contribution in [1.29, 1.82) is 0 Å². The van der Waals surface area contributed by atoms with E-state index in [1.807, 2.05) is 12.1 Å². The van der Waals surface area contributed by atoms with Gasteiger partial charge in [0.05, 0.1) is 12.7 Å². The molecule has 1 aromatic rings. The maximum atomic E-state index is 9.79. The molecule has 3 heteroatoms. The van der Waals surface area contributed by atoms with Crippen molar-refractivity contribution < 1.29 is 9.84 Å². The molecule has 0 bridgehead atoms. The van der Waals surface area contributed by atoms with Gasteiger partial charge in [-0.25, -0.2) is 0 Å². The van der Waals surface area contributed by atoms with Crippen molar-refractivity contribution in [2.45, 2.75) is 24.9 Å². The summed E-state index contributed by atoms with van der Waals surface area (Å²) in [5.41, 5.74) is 0.484. The zero-order valence-corrected chi connectivity index (χ0v) is 8.84. The van der Waals surface area contributed by atoms with Gasteiger partial charge < -0.3 is 9.84 Å². The lowest BCUT2D eigenvalue weighted by Gasteiger charge is -2.12. The minimum absolute atomic E-state index is 0.502. The number of benzene rings is 1. The summed E-state index contributed by atoms with van der Waals surface area (Å²) in [5.74, 6) is 0.801. The second-order valence-electron chi connectivity index (χ2n) is 3.86. The summed E-state index contributed by atoms with van der Waals surface area (Å²) in [4.78, 5) is 0. The predicted molar refractivity (Wildman–Crippen MR) is 55.9 cm³/mol. The highest BCUT2D eigenvalue weighted by atomic mass is 35.5. The molecule has 0 amide bonds. The van der Waals surface area contributed by atoms with E-state index in [2.05, 4.69) is 0 Å². The first-order valence-electron chi connectivity index (χ1n) is 4.68. The Labute approximate surface area is 88.5 Å². The Bertz CT molecular complexity index is 345. The van der Waals surface area contributed by atoms with Gasteiger partial charge in [0.25, 0.3) is 0 Å². The summed E-state index contributed by atoms with van der Waals surface area (Å²) in [6, 6.07) is 5.49. The van der Waals surface area contributed by atoms with Crippen LogP contribution in [0.2, 0.25) is 5.02 Å². The Morgan fingerprint density at radius 2 is 2.21 bits per heavy atom. The Morgan fingerprint density at radius 1 is 1.50 bits per heavy atom. The number of rotatable bonds is 3. The second-order valence-corrected chi connectivity index (χ2v) is 4.29. The lowest BCUT2D eigenvalue weighted by atomic mass is 10.1. The summed E-state index contributed by atoms with van der Waals surface area (Å²) >= 11 is 5.89. The smallest absolute Gasteiger partial charge is 0.122 e. The molecule has 14 heavy (non-hydrogen) atoms. The molecular formula is C11H13ClO2. The number of hydrogen-bond donors (Lipinski definition) is 1. The Balaban J connectivity index is 2.25. The van der Waals surface area contributed by atoms with Gasteiger partial charge in [0.2, 0.25) is 0 Å². The van der Waals surface area contributed by atoms with Crippen molar-refractivity contribution in [2.75, 3.05) is 7.11 Å². The van der Waals surface area contributed by atoms with Gasteiger partial charge in [-0.05, 0) is 36.6 Å². The lowest BCUT2D eigenvalue weighted by molar-refractivity contribution is 0.150. The van der Waals surface area contributed by atoms with Crippen molar-refractivity contribution >= 4 is 11.6 Å². The molecule has 0 aliphatic heterocycles. The van der Waals surface area contributed by atoms with E-state index < -0.39 is 5.60 Å². The molecule has 0 atom stereocenters. The first-order chi connectivity index (χ1) is 6.63. The zero-order chi connectivity index (χ0) is 10.2. The van der Waals surface area contributed by atoms with E-state index in [0.717, 1.165) is 24.2 Å². The molecule has 1 N–H and O–H groups in total. The third-order valence-electron chi connectivity index (χ3n) is 2.59. The number of hydrogen-bond acceptors (Lipinski definition) is 2. The third-order valence-corrected chi connectivity index (χ3v) is 2.82. The van der Waals surface area contributed by atoms with Crippen molar-refractivity contribution in [1.82, 2.24) is 0 Å². The first-order valence-corrected chi connectivity index (χ1v) is 5.06. The van der Waals surface area contributed by atoms with Crippen LogP contribution >= 0.6 is 11.6 Å². The number of ether oxygens (including phenoxy) is 1. The maximum absolute atomic E-state index is 9.79. The summed E-state index contributed by atoms with van der Waals surface area (Å²) < 4.78 is 5.20. The summed E-state index contributed by atoms with van der Waals surface area (Å²) in [6.07, 6.45) is 2.39. The molecule has 1 saturated carbocycles. The number of methoxy groups -OCH3 is 1. The van der Waals surface area contributed by atoms with Crippen LogP contribution in [-0.2, 0) is 6.42 Å². The minimum Gasteiger partial charge on any atom is -0.496 e. The van der Waals surface area contributed by atoms with Gasteiger partial charge in [0.15, 0.2) is 0 Å². The van der Waals surface area contributed by atoms with Crippen LogP contribution in [0.5, 0.6) is 5.75 Å². The van der Waals surface area contributed by atoms with Crippen LogP contribution in [0.4, 0.5) is 0 Å². The van der Waals surface area contributed by atoms with E-state index >= 15 is 0 Å². The van der Waals surface area contributed by atoms with Gasteiger partial charge in [0, 0.05) is 11.4 Å². The van der Waals surface area contributed by atoms with Crippen LogP contribution in [0, 0.1) is 0 Å². The minimum atomic E-state index is -0.502. The van der Waals surface area contributed by atoms with Crippen molar-refractivity contribution in [3.05, 3.63) is 28.8 Å². The van der Waals surface area contributed by atoms with E-state index in [4.69, 9.17) is 16.3 Å². The average Bonchev–Trinajstić information content (AvgIpc) is 2.84. The van der Waals surface area contributed by atoms with Gasteiger partial charge in [-0.15, -0.1) is 0 Å². The van der Waals surface area contributed by atoms with Crippen molar-refractivity contribution in [2.24, 2.45) is 0 Å². The van der Waals surface area contributed by atoms with Crippen LogP contribution in [0.25, 0.3) is 0 Å². The first kappa shape index (κ1) is 9.81. The molecule has 0 spiro atoms. The molecule has 0 aromatic heterocycles. The van der Waals surface area contributed by atoms with Crippen molar-refractivity contribution in [3.8, 4) is 5.75 Å². The second kappa shape index (κ2) is 3.44. The molecule has 76 valence electrons. The van der Waals surface area contributed by atoms with E-state index in [9.17, 15) is 5.11 Å². The predicted octanol–water partition coefficient (Wildman–Crippen LogP) is 2.42. The molecule has 1 aliphatic carbocycles. The number of aliphatic hydroxyl groups is 1. The zero-order valence-electron chi connectivity index (χ0n) is 8.09. The third kappa shape index (κ3) is 2.02. The maximum Gasteiger partial charge on any atom is 0.122 e. The van der Waals surface area contributed by atoms with Gasteiger partial charge in [0.1, 0.15) is 5.75 Å². The molecule has 0 saturated heterocycles. The molecule has 2 rings (SSSR count). The lowest BCUT2D eigenvalue weighted by Crippen LogP contribution is -2.11. The van der Waals surface area contributed by atoms with E-state index in [1.165, 1.54) is 0 Å². The van der Waals surface area contributed by atoms with E-state index in [-0.39, 0.29) is 0 Å². The Hall–Kier alpha value is -0.730. The van der Waals surface area contributed by atoms with Gasteiger partial charge in [-0.2, -0.15) is 0 Å². The van der Waals surface area contributed by atoms with E-state index in [1.54, 1.807) is 13.2 Å². The molecule has 2 nitrogen and oxygen atoms in total. The molecular weight excluding hydrogens is 200 g/mol. The Kier molecular flexibility index (Phi) is 2.41. The standard InChI is InChI=1S/C11H13ClO2/c1-14-10-3-2-9(12)6-8(10)7-11(13)4-5-11/h2-3,6,13H,4-5,7H2,1H3. The molecule has 0 heterocycles. The van der Waals surface area contributed by atoms with Crippen LogP contribution in [0.3, 0.4) is 0 Å². The van der Waals surface area contributed by atoms with Crippen LogP contribution in [0.15, 0.2) is 18.2 Å². The highest BCUT2D eigenvalue weighted by molar-refractivity contribution is 6.30. The monoisotopic (exact) mass is 212 g/mol. The fourth-order valence-corrected chi connectivity index (χ4v) is 1.76. The average molecular weight is 213 g/mol. The fourth-order valence-electron chi connectivity index (χ4n) is 1.56. The highest BCUT2D eigenvalue weighted by Crippen LogP contribution is 2.40. The quantitative estimate of drug-likeness (QED) is 0.834. The largest absolute Gasteiger partial charge is 0.496 e. The molecule has 1 aliphatic rings. The summed E-state index contributed by atoms with van der Waals surface area (Å²) in [5, 5.41) is 10.5. The van der Waals surface area contributed by atoms with Gasteiger partial charge >= 0.3 is 0 Å². The highest BCUT2D eigenvalue weighted by Gasteiger charge is 2.40. The van der Waals surface area contributed by atoms with Gasteiger partial charge in [-0.1, -0.05) is 11.6 Å². The molecule has 1 fully saturated rings. The Morgan fingerprint density at radius 3 is 2.79 bits per heavy atom. The topological polar surface area (TPSA) is 29.5 Å². The normalized spacial score (nSPS) is 17.9. The summed E-state index contributed by atoms with van der Waals surface area (Å²) in [7, 11) is 1.63. The molecule has 0 radical (unpaired) electrons. The van der Waals surface area contributed by atoms with Gasteiger partial charge in [-0.3, -0.25) is 0 Å². The van der Waals surface area contributed by atoms with Crippen LogP contribution in [-0.4, -0.2) is 17.8 Å². The van der Waals surface area contributed by atoms with Crippen molar-refractivity contribution in [3.63, 3.8) is 0 Å². The molecule has 0 unspecified atom stereocenters. The summed E-state index contributed by atoms with van der Waals surface area (Å²) in [6.45, 7) is 0. The fraction of sp³-hybridized carbons (Fsp3) is 0.455. The van der Waals surface area contributed by atoms with Crippen LogP contribution in [0.1, 0.15) is 18.4 Å². The van der Waals surface area contributed by atoms with E-state index in [0.29, 0.717) is 11.4 Å². The molecule has 1 aromatic carbocycles. The number of halogens is 1.